The summed E-state index contributed by atoms with van der Waals surface area (Å²) >= 11 is 3.39. The van der Waals surface area contributed by atoms with Crippen LogP contribution < -0.4 is 19.1 Å². The van der Waals surface area contributed by atoms with Crippen LogP contribution in [0.1, 0.15) is 33.3 Å². The van der Waals surface area contributed by atoms with Crippen molar-refractivity contribution in [1.82, 2.24) is 10.2 Å². The van der Waals surface area contributed by atoms with Gasteiger partial charge in [0.25, 0.3) is 10.0 Å². The molecule has 3 rings (SSSR count). The van der Waals surface area contributed by atoms with Gasteiger partial charge in [0.05, 0.1) is 24.8 Å². The first kappa shape index (κ1) is 32.9. The topological polar surface area (TPSA) is 105 Å². The third-order valence-electron chi connectivity index (χ3n) is 6.27. The number of anilines is 1. The normalized spacial score (nSPS) is 12.3. The van der Waals surface area contributed by atoms with Crippen molar-refractivity contribution in [2.75, 3.05) is 25.1 Å². The van der Waals surface area contributed by atoms with E-state index in [1.807, 2.05) is 32.9 Å². The molecule has 0 spiro atoms. The van der Waals surface area contributed by atoms with Crippen molar-refractivity contribution in [3.8, 4) is 11.5 Å². The molecule has 226 valence electrons. The summed E-state index contributed by atoms with van der Waals surface area (Å²) in [6.07, 6.45) is 0. The van der Waals surface area contributed by atoms with Crippen LogP contribution in [0.15, 0.2) is 76.1 Å². The van der Waals surface area contributed by atoms with Gasteiger partial charge in [0.1, 0.15) is 18.4 Å². The maximum Gasteiger partial charge on any atom is 0.264 e. The van der Waals surface area contributed by atoms with Crippen LogP contribution in [-0.4, -0.2) is 57.5 Å². The molecule has 0 unspecified atom stereocenters. The summed E-state index contributed by atoms with van der Waals surface area (Å²) in [5.74, 6) is -1.11. The second-order valence-corrected chi connectivity index (χ2v) is 13.3. The van der Waals surface area contributed by atoms with E-state index in [2.05, 4.69) is 21.2 Å². The second kappa shape index (κ2) is 13.6. The molecule has 3 aromatic rings. The summed E-state index contributed by atoms with van der Waals surface area (Å²) in [7, 11) is -1.59. The summed E-state index contributed by atoms with van der Waals surface area (Å²) < 4.78 is 54.1. The first-order valence-corrected chi connectivity index (χ1v) is 15.3. The Bertz CT molecular complexity index is 1510. The van der Waals surface area contributed by atoms with Gasteiger partial charge in [0, 0.05) is 22.6 Å². The number of methoxy groups -OCH3 is 2. The maximum absolute atomic E-state index is 14.0. The molecule has 0 aliphatic heterocycles. The minimum absolute atomic E-state index is 0.0402. The highest BCUT2D eigenvalue weighted by Crippen LogP contribution is 2.32. The Labute approximate surface area is 254 Å². The zero-order chi connectivity index (χ0) is 31.2. The average Bonchev–Trinajstić information content (AvgIpc) is 2.94. The third kappa shape index (κ3) is 8.22. The van der Waals surface area contributed by atoms with Crippen LogP contribution >= 0.6 is 15.9 Å². The van der Waals surface area contributed by atoms with E-state index >= 15 is 0 Å². The van der Waals surface area contributed by atoms with E-state index in [1.54, 1.807) is 19.1 Å². The summed E-state index contributed by atoms with van der Waals surface area (Å²) in [4.78, 5) is 28.3. The van der Waals surface area contributed by atoms with E-state index in [-0.39, 0.29) is 22.9 Å². The van der Waals surface area contributed by atoms with Crippen molar-refractivity contribution in [2.24, 2.45) is 0 Å². The molecular weight excluding hydrogens is 629 g/mol. The van der Waals surface area contributed by atoms with Crippen LogP contribution in [0.4, 0.5) is 10.1 Å². The Morgan fingerprint density at radius 3 is 2.10 bits per heavy atom. The van der Waals surface area contributed by atoms with Crippen LogP contribution in [0.3, 0.4) is 0 Å². The van der Waals surface area contributed by atoms with E-state index in [0.29, 0.717) is 5.75 Å². The van der Waals surface area contributed by atoms with Gasteiger partial charge in [-0.05, 0) is 81.8 Å². The molecule has 2 amide bonds. The number of sulfonamides is 1. The van der Waals surface area contributed by atoms with Crippen LogP contribution in [0.2, 0.25) is 0 Å². The molecule has 0 fully saturated rings. The quantitative estimate of drug-likeness (QED) is 0.305. The highest BCUT2D eigenvalue weighted by Gasteiger charge is 2.34. The monoisotopic (exact) mass is 663 g/mol. The van der Waals surface area contributed by atoms with Crippen molar-refractivity contribution < 1.29 is 31.9 Å². The SMILES string of the molecule is COc1ccc(S(=O)(=O)N(CC(=O)N(Cc2ccc(Br)cc2)[C@H](C)C(=O)NC(C)(C)C)c2ccc(F)cc2)cc1OC. The van der Waals surface area contributed by atoms with E-state index in [4.69, 9.17) is 9.47 Å². The predicted octanol–water partition coefficient (Wildman–Crippen LogP) is 5.13. The van der Waals surface area contributed by atoms with E-state index in [1.165, 1.54) is 49.5 Å². The van der Waals surface area contributed by atoms with Gasteiger partial charge in [0.15, 0.2) is 11.5 Å². The van der Waals surface area contributed by atoms with Crippen LogP contribution in [-0.2, 0) is 26.2 Å². The Morgan fingerprint density at radius 1 is 0.952 bits per heavy atom. The molecule has 0 bridgehead atoms. The van der Waals surface area contributed by atoms with Crippen molar-refractivity contribution in [1.29, 1.82) is 0 Å². The summed E-state index contributed by atoms with van der Waals surface area (Å²) in [6, 6.07) is 15.1. The lowest BCUT2D eigenvalue weighted by Gasteiger charge is -2.33. The number of rotatable bonds is 11. The molecule has 1 N–H and O–H groups in total. The Morgan fingerprint density at radius 2 is 1.55 bits per heavy atom. The zero-order valence-corrected chi connectivity index (χ0v) is 26.8. The summed E-state index contributed by atoms with van der Waals surface area (Å²) in [5.41, 5.74) is 0.238. The van der Waals surface area contributed by atoms with Crippen LogP contribution in [0, 0.1) is 5.82 Å². The average molecular weight is 665 g/mol. The van der Waals surface area contributed by atoms with Crippen molar-refractivity contribution in [3.05, 3.63) is 82.6 Å². The lowest BCUT2D eigenvalue weighted by Crippen LogP contribution is -2.54. The molecule has 12 heteroatoms. The predicted molar refractivity (Wildman–Crippen MR) is 163 cm³/mol. The summed E-state index contributed by atoms with van der Waals surface area (Å²) in [5, 5.41) is 2.88. The Hall–Kier alpha value is -3.64. The molecule has 1 atom stereocenters. The molecule has 42 heavy (non-hydrogen) atoms. The van der Waals surface area contributed by atoms with Gasteiger partial charge < -0.3 is 19.7 Å². The largest absolute Gasteiger partial charge is 0.493 e. The first-order chi connectivity index (χ1) is 19.7. The number of carbonyl (C=O) groups excluding carboxylic acids is 2. The molecule has 0 heterocycles. The number of benzene rings is 3. The van der Waals surface area contributed by atoms with Crippen LogP contribution in [0.5, 0.6) is 11.5 Å². The van der Waals surface area contributed by atoms with Crippen molar-refractivity contribution >= 4 is 43.5 Å². The van der Waals surface area contributed by atoms with Crippen LogP contribution in [0.25, 0.3) is 0 Å². The molecule has 0 aliphatic rings. The fourth-order valence-electron chi connectivity index (χ4n) is 4.08. The Kier molecular flexibility index (Phi) is 10.6. The number of amides is 2. The van der Waals surface area contributed by atoms with E-state index < -0.39 is 45.8 Å². The third-order valence-corrected chi connectivity index (χ3v) is 8.57. The Balaban J connectivity index is 2.07. The van der Waals surface area contributed by atoms with E-state index in [0.717, 1.165) is 26.5 Å². The molecule has 0 radical (unpaired) electrons. The smallest absolute Gasteiger partial charge is 0.264 e. The molecule has 9 nitrogen and oxygen atoms in total. The molecule has 0 saturated heterocycles. The van der Waals surface area contributed by atoms with Crippen molar-refractivity contribution in [2.45, 2.75) is 50.7 Å². The number of carbonyl (C=O) groups is 2. The fraction of sp³-hybridized carbons (Fsp3) is 0.333. The maximum atomic E-state index is 14.0. The zero-order valence-electron chi connectivity index (χ0n) is 24.4. The van der Waals surface area contributed by atoms with Gasteiger partial charge in [0.2, 0.25) is 11.8 Å². The highest BCUT2D eigenvalue weighted by molar-refractivity contribution is 9.10. The lowest BCUT2D eigenvalue weighted by atomic mass is 10.1. The summed E-state index contributed by atoms with van der Waals surface area (Å²) in [6.45, 7) is 6.44. The lowest BCUT2D eigenvalue weighted by molar-refractivity contribution is -0.140. The minimum atomic E-state index is -4.39. The highest BCUT2D eigenvalue weighted by atomic mass is 79.9. The fourth-order valence-corrected chi connectivity index (χ4v) is 5.78. The van der Waals surface area contributed by atoms with Gasteiger partial charge in [-0.3, -0.25) is 13.9 Å². The van der Waals surface area contributed by atoms with Gasteiger partial charge in [-0.1, -0.05) is 28.1 Å². The number of hydrogen-bond donors (Lipinski definition) is 1. The van der Waals surface area contributed by atoms with Gasteiger partial charge >= 0.3 is 0 Å². The minimum Gasteiger partial charge on any atom is -0.493 e. The molecular formula is C30H35BrFN3O6S. The molecule has 0 saturated carbocycles. The number of nitrogens with one attached hydrogen (secondary N) is 1. The number of nitrogens with zero attached hydrogens (tertiary/aromatic N) is 2. The van der Waals surface area contributed by atoms with Gasteiger partial charge in [-0.2, -0.15) is 0 Å². The number of halogens is 2. The van der Waals surface area contributed by atoms with Gasteiger partial charge in [-0.15, -0.1) is 0 Å². The number of ether oxygens (including phenoxy) is 2. The van der Waals surface area contributed by atoms with E-state index in [9.17, 15) is 22.4 Å². The van der Waals surface area contributed by atoms with Gasteiger partial charge in [-0.25, -0.2) is 12.8 Å². The van der Waals surface area contributed by atoms with Crippen molar-refractivity contribution in [3.63, 3.8) is 0 Å². The second-order valence-electron chi connectivity index (χ2n) is 10.6. The first-order valence-electron chi connectivity index (χ1n) is 13.0. The standard InChI is InChI=1S/C30H35BrFN3O6S/c1-20(29(37)33-30(2,3)4)34(18-21-7-9-22(31)10-8-21)28(36)19-35(24-13-11-23(32)12-14-24)42(38,39)25-15-16-26(40-5)27(17-25)41-6/h7-17,20H,18-19H2,1-6H3,(H,33,37)/t20-/m1/s1. The molecule has 0 aliphatic carbocycles. The molecule has 3 aromatic carbocycles. The molecule has 0 aromatic heterocycles. The number of hydrogen-bond acceptors (Lipinski definition) is 6.